The summed E-state index contributed by atoms with van der Waals surface area (Å²) in [5.41, 5.74) is 0.389. The molecule has 0 radical (unpaired) electrons. The molecule has 7 nitrogen and oxygen atoms in total. The molecule has 2 amide bonds. The first-order chi connectivity index (χ1) is 9.65. The first-order valence-corrected chi connectivity index (χ1v) is 7.02. The van der Waals surface area contributed by atoms with Crippen LogP contribution >= 0.6 is 0 Å². The summed E-state index contributed by atoms with van der Waals surface area (Å²) in [6, 6.07) is 0. The van der Waals surface area contributed by atoms with Gasteiger partial charge in [0.2, 0.25) is 11.9 Å². The number of nitrogens with zero attached hydrogens (tertiary/aromatic N) is 3. The van der Waals surface area contributed by atoms with Crippen LogP contribution in [0.15, 0.2) is 6.20 Å². The van der Waals surface area contributed by atoms with E-state index in [-0.39, 0.29) is 18.4 Å². The molecule has 1 aliphatic rings. The number of carbonyl (C=O) groups excluding carboxylic acids is 2. The number of anilines is 1. The van der Waals surface area contributed by atoms with Gasteiger partial charge in [0.25, 0.3) is 5.91 Å². The number of aryl methyl sites for hydroxylation is 1. The van der Waals surface area contributed by atoms with Gasteiger partial charge < -0.3 is 20.1 Å². The minimum Gasteiger partial charge on any atom is -0.356 e. The smallest absolute Gasteiger partial charge is 0.274 e. The third-order valence-electron chi connectivity index (χ3n) is 3.23. The molecule has 0 saturated carbocycles. The summed E-state index contributed by atoms with van der Waals surface area (Å²) < 4.78 is 1.94. The Balaban J connectivity index is 2.08. The van der Waals surface area contributed by atoms with Gasteiger partial charge in [0, 0.05) is 32.4 Å². The summed E-state index contributed by atoms with van der Waals surface area (Å²) in [4.78, 5) is 29.8. The molecule has 1 aromatic rings. The molecule has 0 aliphatic carbocycles. The molecule has 0 fully saturated rings. The lowest BCUT2D eigenvalue weighted by atomic mass is 10.3. The van der Waals surface area contributed by atoms with Crippen LogP contribution in [0, 0.1) is 0 Å². The Morgan fingerprint density at radius 1 is 1.50 bits per heavy atom. The highest BCUT2D eigenvalue weighted by atomic mass is 16.2. The van der Waals surface area contributed by atoms with E-state index in [1.807, 2.05) is 18.4 Å². The number of hydrogen-bond donors (Lipinski definition) is 2. The number of carbonyl (C=O) groups is 2. The summed E-state index contributed by atoms with van der Waals surface area (Å²) in [5.74, 6) is 0.376. The normalized spacial score (nSPS) is 13.3. The first-order valence-electron chi connectivity index (χ1n) is 7.02. The predicted molar refractivity (Wildman–Crippen MR) is 75.6 cm³/mol. The molecule has 0 unspecified atom stereocenters. The highest BCUT2D eigenvalue weighted by molar-refractivity contribution is 5.95. The maximum Gasteiger partial charge on any atom is 0.274 e. The molecular formula is C13H21N5O2. The fourth-order valence-electron chi connectivity index (χ4n) is 2.20. The summed E-state index contributed by atoms with van der Waals surface area (Å²) in [6.45, 7) is 6.56. The first kappa shape index (κ1) is 14.4. The van der Waals surface area contributed by atoms with Crippen LogP contribution in [0.3, 0.4) is 0 Å². The van der Waals surface area contributed by atoms with Crippen molar-refractivity contribution in [1.29, 1.82) is 0 Å². The Kier molecular flexibility index (Phi) is 4.60. The van der Waals surface area contributed by atoms with E-state index >= 15 is 0 Å². The van der Waals surface area contributed by atoms with Crippen molar-refractivity contribution < 1.29 is 9.59 Å². The molecular weight excluding hydrogens is 258 g/mol. The second-order valence-corrected chi connectivity index (χ2v) is 4.70. The zero-order valence-electron chi connectivity index (χ0n) is 12.0. The molecule has 7 heteroatoms. The number of nitrogens with one attached hydrogen (secondary N) is 2. The van der Waals surface area contributed by atoms with Crippen molar-refractivity contribution >= 4 is 17.8 Å². The zero-order valence-corrected chi connectivity index (χ0v) is 12.0. The highest BCUT2D eigenvalue weighted by Gasteiger charge is 2.22. The van der Waals surface area contributed by atoms with Crippen LogP contribution in [-0.4, -0.2) is 52.4 Å². The van der Waals surface area contributed by atoms with Gasteiger partial charge in [-0.3, -0.25) is 9.59 Å². The van der Waals surface area contributed by atoms with Crippen LogP contribution < -0.4 is 10.6 Å². The van der Waals surface area contributed by atoms with E-state index in [1.54, 1.807) is 6.20 Å². The number of hydrogen-bond acceptors (Lipinski definition) is 4. The minimum atomic E-state index is -0.206. The third kappa shape index (κ3) is 3.09. The van der Waals surface area contributed by atoms with E-state index in [2.05, 4.69) is 15.6 Å². The number of fused-ring (bicyclic) bond motifs is 1. The Labute approximate surface area is 118 Å². The van der Waals surface area contributed by atoms with Crippen LogP contribution in [0.5, 0.6) is 0 Å². The van der Waals surface area contributed by atoms with Gasteiger partial charge in [-0.05, 0) is 20.3 Å². The molecule has 2 heterocycles. The Morgan fingerprint density at radius 3 is 2.95 bits per heavy atom. The number of amides is 2. The van der Waals surface area contributed by atoms with Crippen molar-refractivity contribution in [2.75, 3.05) is 31.5 Å². The van der Waals surface area contributed by atoms with Crippen molar-refractivity contribution in [2.45, 2.75) is 26.8 Å². The van der Waals surface area contributed by atoms with Crippen molar-refractivity contribution in [3.05, 3.63) is 11.9 Å². The molecule has 0 atom stereocenters. The fraction of sp³-hybridized carbons (Fsp3) is 0.615. The number of likely N-dealkylation sites (N-methyl/N-ethyl adjacent to an activating group) is 2. The lowest BCUT2D eigenvalue weighted by molar-refractivity contribution is -0.121. The zero-order chi connectivity index (χ0) is 14.5. The average Bonchev–Trinajstić information content (AvgIpc) is 2.88. The largest absolute Gasteiger partial charge is 0.356 e. The van der Waals surface area contributed by atoms with E-state index in [0.717, 1.165) is 25.5 Å². The molecule has 1 aromatic heterocycles. The van der Waals surface area contributed by atoms with Crippen molar-refractivity contribution in [1.82, 2.24) is 19.8 Å². The van der Waals surface area contributed by atoms with Crippen LogP contribution in [0.25, 0.3) is 0 Å². The predicted octanol–water partition coefficient (Wildman–Crippen LogP) is 0.297. The van der Waals surface area contributed by atoms with E-state index in [4.69, 9.17) is 0 Å². The SMILES string of the molecule is CCNC(=O)CN(CC)C(=O)c1cn2c(n1)NCCC2. The monoisotopic (exact) mass is 279 g/mol. The van der Waals surface area contributed by atoms with Gasteiger partial charge in [0.05, 0.1) is 6.54 Å². The number of aromatic nitrogens is 2. The van der Waals surface area contributed by atoms with Gasteiger partial charge in [-0.15, -0.1) is 0 Å². The summed E-state index contributed by atoms with van der Waals surface area (Å²) >= 11 is 0. The van der Waals surface area contributed by atoms with E-state index in [9.17, 15) is 9.59 Å². The Morgan fingerprint density at radius 2 is 2.30 bits per heavy atom. The lowest BCUT2D eigenvalue weighted by Gasteiger charge is -2.18. The molecule has 0 bridgehead atoms. The fourth-order valence-corrected chi connectivity index (χ4v) is 2.20. The maximum absolute atomic E-state index is 12.4. The number of imidazole rings is 1. The van der Waals surface area contributed by atoms with Crippen molar-refractivity contribution in [3.8, 4) is 0 Å². The van der Waals surface area contributed by atoms with Crippen molar-refractivity contribution in [2.24, 2.45) is 0 Å². The Bertz CT molecular complexity index is 473. The molecule has 0 aromatic carbocycles. The van der Waals surface area contributed by atoms with Gasteiger partial charge in [-0.1, -0.05) is 0 Å². The van der Waals surface area contributed by atoms with E-state index in [0.29, 0.717) is 18.8 Å². The van der Waals surface area contributed by atoms with E-state index < -0.39 is 0 Å². The second-order valence-electron chi connectivity index (χ2n) is 4.70. The van der Waals surface area contributed by atoms with Gasteiger partial charge in [-0.25, -0.2) is 4.98 Å². The third-order valence-corrected chi connectivity index (χ3v) is 3.23. The van der Waals surface area contributed by atoms with Crippen LogP contribution in [0.1, 0.15) is 30.8 Å². The molecule has 2 rings (SSSR count). The quantitative estimate of drug-likeness (QED) is 0.812. The van der Waals surface area contributed by atoms with Gasteiger partial charge >= 0.3 is 0 Å². The summed E-state index contributed by atoms with van der Waals surface area (Å²) in [5, 5.41) is 5.85. The van der Waals surface area contributed by atoms with Gasteiger partial charge in [0.15, 0.2) is 0 Å². The maximum atomic E-state index is 12.4. The molecule has 110 valence electrons. The molecule has 0 spiro atoms. The van der Waals surface area contributed by atoms with Crippen molar-refractivity contribution in [3.63, 3.8) is 0 Å². The Hall–Kier alpha value is -2.05. The molecule has 20 heavy (non-hydrogen) atoms. The van der Waals surface area contributed by atoms with E-state index in [1.165, 1.54) is 4.90 Å². The summed E-state index contributed by atoms with van der Waals surface area (Å²) in [6.07, 6.45) is 2.78. The molecule has 1 aliphatic heterocycles. The summed E-state index contributed by atoms with van der Waals surface area (Å²) in [7, 11) is 0. The highest BCUT2D eigenvalue weighted by Crippen LogP contribution is 2.15. The number of rotatable bonds is 5. The van der Waals surface area contributed by atoms with Gasteiger partial charge in [-0.2, -0.15) is 0 Å². The molecule has 0 saturated heterocycles. The lowest BCUT2D eigenvalue weighted by Crippen LogP contribution is -2.40. The van der Waals surface area contributed by atoms with Crippen LogP contribution in [-0.2, 0) is 11.3 Å². The van der Waals surface area contributed by atoms with Crippen LogP contribution in [0.4, 0.5) is 5.95 Å². The molecule has 2 N–H and O–H groups in total. The average molecular weight is 279 g/mol. The van der Waals surface area contributed by atoms with Gasteiger partial charge in [0.1, 0.15) is 5.69 Å². The standard InChI is InChI=1S/C13H21N5O2/c1-3-14-11(19)9-17(4-2)12(20)10-8-18-7-5-6-15-13(18)16-10/h8H,3-7,9H2,1-2H3,(H,14,19)(H,15,16). The minimum absolute atomic E-state index is 0.0682. The topological polar surface area (TPSA) is 79.3 Å². The van der Waals surface area contributed by atoms with Crippen LogP contribution in [0.2, 0.25) is 0 Å². The second kappa shape index (κ2) is 6.40.